The second kappa shape index (κ2) is 6.74. The quantitative estimate of drug-likeness (QED) is 0.697. The van der Waals surface area contributed by atoms with Crippen molar-refractivity contribution in [1.29, 1.82) is 0 Å². The Labute approximate surface area is 156 Å². The minimum atomic E-state index is -0.111. The van der Waals surface area contributed by atoms with Crippen molar-refractivity contribution in [2.45, 2.75) is 19.4 Å². The topological polar surface area (TPSA) is 51.3 Å². The number of nitrogens with zero attached hydrogens (tertiary/aromatic N) is 3. The van der Waals surface area contributed by atoms with Crippen LogP contribution in [-0.4, -0.2) is 35.1 Å². The van der Waals surface area contributed by atoms with Crippen LogP contribution in [0.1, 0.15) is 18.7 Å². The van der Waals surface area contributed by atoms with E-state index in [-0.39, 0.29) is 5.56 Å². The molecule has 0 spiro atoms. The molecule has 0 fully saturated rings. The second-order valence-electron chi connectivity index (χ2n) is 6.78. The summed E-state index contributed by atoms with van der Waals surface area (Å²) in [4.78, 5) is 19.7. The minimum Gasteiger partial charge on any atom is -0.436 e. The Morgan fingerprint density at radius 1 is 1.23 bits per heavy atom. The summed E-state index contributed by atoms with van der Waals surface area (Å²) in [7, 11) is 3.99. The molecule has 5 nitrogen and oxygen atoms in total. The van der Waals surface area contributed by atoms with Gasteiger partial charge in [0.05, 0.1) is 5.52 Å². The van der Waals surface area contributed by atoms with Gasteiger partial charge in [-0.15, -0.1) is 0 Å². The van der Waals surface area contributed by atoms with Crippen LogP contribution in [-0.2, 0) is 6.54 Å². The molecule has 0 unspecified atom stereocenters. The van der Waals surface area contributed by atoms with E-state index in [4.69, 9.17) is 16.0 Å². The van der Waals surface area contributed by atoms with E-state index >= 15 is 0 Å². The Kier molecular flexibility index (Phi) is 4.42. The van der Waals surface area contributed by atoms with E-state index in [1.807, 2.05) is 50.5 Å². The average molecular weight is 370 g/mol. The molecule has 0 amide bonds. The van der Waals surface area contributed by atoms with Gasteiger partial charge in [-0.05, 0) is 45.1 Å². The fourth-order valence-electron chi connectivity index (χ4n) is 3.24. The van der Waals surface area contributed by atoms with Gasteiger partial charge >= 0.3 is 0 Å². The third kappa shape index (κ3) is 2.97. The number of fused-ring (bicyclic) bond motifs is 3. The highest BCUT2D eigenvalue weighted by molar-refractivity contribution is 6.29. The number of oxazole rings is 1. The maximum atomic E-state index is 13.1. The third-order valence-corrected chi connectivity index (χ3v) is 4.97. The molecule has 1 aliphatic carbocycles. The van der Waals surface area contributed by atoms with Crippen LogP contribution in [0, 0.1) is 0 Å². The zero-order valence-electron chi connectivity index (χ0n) is 14.8. The Bertz CT molecular complexity index is 1110. The number of likely N-dealkylation sites (N-methyl/N-ethyl adjacent to an activating group) is 1. The van der Waals surface area contributed by atoms with Gasteiger partial charge in [0.1, 0.15) is 0 Å². The van der Waals surface area contributed by atoms with Gasteiger partial charge in [-0.2, -0.15) is 0 Å². The SMILES string of the molecule is CN(C)CCn1c(=O)c2nc(C3=CC=C(Cl)CC3)oc2c2ccccc21. The molecule has 0 atom stereocenters. The number of pyridine rings is 1. The monoisotopic (exact) mass is 369 g/mol. The van der Waals surface area contributed by atoms with Gasteiger partial charge in [0.2, 0.25) is 5.89 Å². The number of halogens is 1. The zero-order chi connectivity index (χ0) is 18.3. The van der Waals surface area contributed by atoms with E-state index < -0.39 is 0 Å². The van der Waals surface area contributed by atoms with E-state index in [0.717, 1.165) is 40.9 Å². The summed E-state index contributed by atoms with van der Waals surface area (Å²) in [5.41, 5.74) is 2.67. The van der Waals surface area contributed by atoms with Gasteiger partial charge in [0.15, 0.2) is 11.1 Å². The van der Waals surface area contributed by atoms with E-state index in [1.165, 1.54) is 0 Å². The largest absolute Gasteiger partial charge is 0.436 e. The molecule has 1 aliphatic rings. The van der Waals surface area contributed by atoms with E-state index in [9.17, 15) is 4.79 Å². The lowest BCUT2D eigenvalue weighted by Gasteiger charge is -2.13. The number of hydrogen-bond acceptors (Lipinski definition) is 4. The molecule has 134 valence electrons. The lowest BCUT2D eigenvalue weighted by atomic mass is 10.1. The lowest BCUT2D eigenvalue weighted by molar-refractivity contribution is 0.384. The molecule has 4 rings (SSSR count). The Morgan fingerprint density at radius 2 is 2.04 bits per heavy atom. The van der Waals surface area contributed by atoms with Crippen LogP contribution in [0.2, 0.25) is 0 Å². The number of para-hydroxylation sites is 1. The Balaban J connectivity index is 1.93. The molecule has 2 heterocycles. The Hall–Kier alpha value is -2.37. The molecule has 6 heteroatoms. The van der Waals surface area contributed by atoms with Crippen molar-refractivity contribution >= 4 is 39.2 Å². The molecule has 0 aliphatic heterocycles. The number of rotatable bonds is 4. The molecule has 0 bridgehead atoms. The average Bonchev–Trinajstić information content (AvgIpc) is 3.08. The van der Waals surface area contributed by atoms with E-state index in [2.05, 4.69) is 9.88 Å². The first-order valence-corrected chi connectivity index (χ1v) is 9.05. The summed E-state index contributed by atoms with van der Waals surface area (Å²) < 4.78 is 7.83. The van der Waals surface area contributed by atoms with Crippen molar-refractivity contribution < 1.29 is 4.42 Å². The second-order valence-corrected chi connectivity index (χ2v) is 7.26. The first-order chi connectivity index (χ1) is 12.5. The number of benzene rings is 1. The molecule has 0 saturated carbocycles. The smallest absolute Gasteiger partial charge is 0.280 e. The highest BCUT2D eigenvalue weighted by Gasteiger charge is 2.19. The molecular weight excluding hydrogens is 350 g/mol. The standard InChI is InChI=1S/C20H20ClN3O2/c1-23(2)11-12-24-16-6-4-3-5-15(16)18-17(20(24)25)22-19(26-18)13-7-9-14(21)10-8-13/h3-7,9H,8,10-12H2,1-2H3. The Morgan fingerprint density at radius 3 is 2.77 bits per heavy atom. The van der Waals surface area contributed by atoms with Crippen LogP contribution < -0.4 is 5.56 Å². The van der Waals surface area contributed by atoms with Gasteiger partial charge < -0.3 is 13.9 Å². The lowest BCUT2D eigenvalue weighted by Crippen LogP contribution is -2.27. The van der Waals surface area contributed by atoms with Gasteiger partial charge in [0, 0.05) is 29.1 Å². The van der Waals surface area contributed by atoms with Crippen LogP contribution in [0.5, 0.6) is 0 Å². The van der Waals surface area contributed by atoms with Crippen LogP contribution in [0.15, 0.2) is 50.7 Å². The fraction of sp³-hybridized carbons (Fsp3) is 0.300. The zero-order valence-corrected chi connectivity index (χ0v) is 15.6. The first kappa shape index (κ1) is 17.1. The summed E-state index contributed by atoms with van der Waals surface area (Å²) in [5, 5.41) is 1.73. The van der Waals surface area contributed by atoms with Crippen molar-refractivity contribution in [3.05, 3.63) is 57.7 Å². The third-order valence-electron chi connectivity index (χ3n) is 4.66. The molecule has 3 aromatic rings. The van der Waals surface area contributed by atoms with Gasteiger partial charge in [0.25, 0.3) is 5.56 Å². The van der Waals surface area contributed by atoms with Gasteiger partial charge in [-0.25, -0.2) is 4.98 Å². The maximum absolute atomic E-state index is 13.1. The molecule has 0 N–H and O–H groups in total. The summed E-state index contributed by atoms with van der Waals surface area (Å²) in [6.07, 6.45) is 5.31. The summed E-state index contributed by atoms with van der Waals surface area (Å²) in [6, 6.07) is 7.82. The minimum absolute atomic E-state index is 0.111. The summed E-state index contributed by atoms with van der Waals surface area (Å²) >= 11 is 6.04. The highest BCUT2D eigenvalue weighted by atomic mass is 35.5. The van der Waals surface area contributed by atoms with E-state index in [0.29, 0.717) is 23.5 Å². The predicted molar refractivity (Wildman–Crippen MR) is 105 cm³/mol. The fourth-order valence-corrected chi connectivity index (χ4v) is 3.39. The normalized spacial score (nSPS) is 14.9. The van der Waals surface area contributed by atoms with Crippen molar-refractivity contribution in [2.75, 3.05) is 20.6 Å². The number of hydrogen-bond donors (Lipinski definition) is 0. The molecule has 0 radical (unpaired) electrons. The number of aromatic nitrogens is 2. The van der Waals surface area contributed by atoms with Crippen LogP contribution in [0.4, 0.5) is 0 Å². The van der Waals surface area contributed by atoms with Crippen LogP contribution in [0.25, 0.3) is 27.6 Å². The molecule has 2 aromatic heterocycles. The van der Waals surface area contributed by atoms with Crippen LogP contribution >= 0.6 is 11.6 Å². The molecule has 1 aromatic carbocycles. The summed E-state index contributed by atoms with van der Waals surface area (Å²) in [6.45, 7) is 1.38. The summed E-state index contributed by atoms with van der Waals surface area (Å²) in [5.74, 6) is 0.507. The number of allylic oxidation sites excluding steroid dienone is 4. The van der Waals surface area contributed by atoms with Crippen molar-refractivity contribution in [1.82, 2.24) is 14.5 Å². The molecule has 26 heavy (non-hydrogen) atoms. The maximum Gasteiger partial charge on any atom is 0.280 e. The van der Waals surface area contributed by atoms with Crippen LogP contribution in [0.3, 0.4) is 0 Å². The van der Waals surface area contributed by atoms with Crippen molar-refractivity contribution in [2.24, 2.45) is 0 Å². The van der Waals surface area contributed by atoms with Gasteiger partial charge in [-0.3, -0.25) is 4.79 Å². The van der Waals surface area contributed by atoms with Gasteiger partial charge in [-0.1, -0.05) is 29.8 Å². The predicted octanol–water partition coefficient (Wildman–Crippen LogP) is 4.00. The van der Waals surface area contributed by atoms with Crippen molar-refractivity contribution in [3.8, 4) is 0 Å². The van der Waals surface area contributed by atoms with Crippen molar-refractivity contribution in [3.63, 3.8) is 0 Å². The van der Waals surface area contributed by atoms with E-state index in [1.54, 1.807) is 4.57 Å². The molecule has 0 saturated heterocycles. The first-order valence-electron chi connectivity index (χ1n) is 8.67. The highest BCUT2D eigenvalue weighted by Crippen LogP contribution is 2.31. The molecular formula is C20H20ClN3O2.